The van der Waals surface area contributed by atoms with Gasteiger partial charge in [-0.1, -0.05) is 19.3 Å². The third-order valence-electron chi connectivity index (χ3n) is 8.91. The second-order valence-corrected chi connectivity index (χ2v) is 11.6. The van der Waals surface area contributed by atoms with Gasteiger partial charge in [0, 0.05) is 46.8 Å². The number of ether oxygens (including phenoxy) is 2. The highest BCUT2D eigenvalue weighted by Crippen LogP contribution is 2.39. The number of halogens is 1. The van der Waals surface area contributed by atoms with Crippen molar-refractivity contribution in [3.05, 3.63) is 65.2 Å². The van der Waals surface area contributed by atoms with Crippen molar-refractivity contribution in [2.75, 3.05) is 19.7 Å². The molecule has 38 heavy (non-hydrogen) atoms. The number of aryl methyl sites for hydroxylation is 2. The van der Waals surface area contributed by atoms with Crippen LogP contribution in [-0.2, 0) is 12.8 Å². The lowest BCUT2D eigenvalue weighted by atomic mass is 9.85. The Balaban J connectivity index is 1.12. The van der Waals surface area contributed by atoms with Crippen LogP contribution in [0.3, 0.4) is 0 Å². The van der Waals surface area contributed by atoms with Crippen molar-refractivity contribution in [3.63, 3.8) is 0 Å². The van der Waals surface area contributed by atoms with Crippen LogP contribution in [0.1, 0.15) is 55.5 Å². The highest BCUT2D eigenvalue weighted by molar-refractivity contribution is 5.88. The molecular weight excluding hydrogens is 477 g/mol. The molecule has 3 aliphatic rings. The molecule has 5 nitrogen and oxygen atoms in total. The molecule has 2 atom stereocenters. The van der Waals surface area contributed by atoms with Gasteiger partial charge in [0.25, 0.3) is 0 Å². The molecule has 0 radical (unpaired) electrons. The molecule has 3 heterocycles. The molecule has 1 N–H and O–H groups in total. The fourth-order valence-corrected chi connectivity index (χ4v) is 7.00. The van der Waals surface area contributed by atoms with Crippen molar-refractivity contribution >= 4 is 21.8 Å². The van der Waals surface area contributed by atoms with Crippen LogP contribution in [-0.4, -0.2) is 46.7 Å². The molecule has 0 bridgehead atoms. The highest BCUT2D eigenvalue weighted by atomic mass is 19.1. The molecule has 2 aromatic carbocycles. The van der Waals surface area contributed by atoms with Crippen LogP contribution in [0.2, 0.25) is 0 Å². The summed E-state index contributed by atoms with van der Waals surface area (Å²) in [6.07, 6.45) is 9.64. The van der Waals surface area contributed by atoms with E-state index in [9.17, 15) is 4.39 Å². The second kappa shape index (κ2) is 9.88. The summed E-state index contributed by atoms with van der Waals surface area (Å²) in [5.74, 6) is 2.04. The molecule has 1 fully saturated rings. The van der Waals surface area contributed by atoms with Gasteiger partial charge in [0.2, 0.25) is 0 Å². The smallest absolute Gasteiger partial charge is 0.171 e. The second-order valence-electron chi connectivity index (χ2n) is 11.6. The lowest BCUT2D eigenvalue weighted by Crippen LogP contribution is -2.48. The van der Waals surface area contributed by atoms with Gasteiger partial charge >= 0.3 is 0 Å². The van der Waals surface area contributed by atoms with Crippen LogP contribution in [0.4, 0.5) is 4.39 Å². The number of aromatic nitrogens is 2. The van der Waals surface area contributed by atoms with Crippen molar-refractivity contribution < 1.29 is 13.9 Å². The number of fused-ring (bicyclic) bond motifs is 6. The molecule has 0 saturated heterocycles. The lowest BCUT2D eigenvalue weighted by molar-refractivity contribution is 0.0313. The van der Waals surface area contributed by atoms with Gasteiger partial charge in [0.05, 0.1) is 5.52 Å². The lowest BCUT2D eigenvalue weighted by Gasteiger charge is -2.40. The Morgan fingerprint density at radius 2 is 1.89 bits per heavy atom. The summed E-state index contributed by atoms with van der Waals surface area (Å²) < 4.78 is 27.0. The number of hydrogen-bond acceptors (Lipinski definition) is 4. The minimum atomic E-state index is -0.155. The number of benzene rings is 2. The van der Waals surface area contributed by atoms with Gasteiger partial charge in [0.15, 0.2) is 11.5 Å². The molecule has 1 saturated carbocycles. The Morgan fingerprint density at radius 1 is 1.00 bits per heavy atom. The minimum absolute atomic E-state index is 0.0161. The van der Waals surface area contributed by atoms with E-state index in [0.717, 1.165) is 71.4 Å². The van der Waals surface area contributed by atoms with Gasteiger partial charge < -0.3 is 14.5 Å². The van der Waals surface area contributed by atoms with E-state index in [-0.39, 0.29) is 11.9 Å². The largest absolute Gasteiger partial charge is 0.486 e. The van der Waals surface area contributed by atoms with Gasteiger partial charge in [0.1, 0.15) is 18.5 Å². The van der Waals surface area contributed by atoms with E-state index in [1.165, 1.54) is 43.4 Å². The molecule has 2 aliphatic carbocycles. The maximum absolute atomic E-state index is 14.1. The summed E-state index contributed by atoms with van der Waals surface area (Å²) in [4.78, 5) is 10.9. The molecule has 198 valence electrons. The molecule has 7 rings (SSSR count). The van der Waals surface area contributed by atoms with Crippen LogP contribution < -0.4 is 9.47 Å². The number of H-pyrrole nitrogens is 1. The molecule has 6 heteroatoms. The van der Waals surface area contributed by atoms with Crippen molar-refractivity contribution in [2.24, 2.45) is 5.92 Å². The van der Waals surface area contributed by atoms with Crippen LogP contribution in [0, 0.1) is 18.7 Å². The van der Waals surface area contributed by atoms with Gasteiger partial charge in [-0.3, -0.25) is 9.88 Å². The van der Waals surface area contributed by atoms with Gasteiger partial charge in [-0.05, 0) is 93.0 Å². The Hall–Kier alpha value is -3.12. The van der Waals surface area contributed by atoms with Crippen LogP contribution >= 0.6 is 0 Å². The zero-order chi connectivity index (χ0) is 25.6. The first-order chi connectivity index (χ1) is 18.6. The zero-order valence-corrected chi connectivity index (χ0v) is 22.1. The van der Waals surface area contributed by atoms with Crippen LogP contribution in [0.5, 0.6) is 11.5 Å². The number of aromatic amines is 1. The number of nitrogens with one attached hydrogen (secondary N) is 1. The van der Waals surface area contributed by atoms with Crippen LogP contribution in [0.15, 0.2) is 42.5 Å². The summed E-state index contributed by atoms with van der Waals surface area (Å²) in [6.45, 7) is 4.50. The monoisotopic (exact) mass is 513 g/mol. The zero-order valence-electron chi connectivity index (χ0n) is 22.1. The summed E-state index contributed by atoms with van der Waals surface area (Å²) >= 11 is 0. The van der Waals surface area contributed by atoms with E-state index in [4.69, 9.17) is 9.47 Å². The van der Waals surface area contributed by atoms with E-state index in [2.05, 4.69) is 20.9 Å². The number of nitrogens with zero attached hydrogens (tertiary/aromatic N) is 2. The number of hydrogen-bond donors (Lipinski definition) is 1. The standard InChI is InChI=1S/C32H36FN3O2/c1-20-7-10-25-28(34-20)13-14-31-32(25)38-24(19-37-31)18-36(23-5-3-2-4-6-23)17-21-8-11-29-26(15-21)27-16-22(33)9-12-30(27)35-29/h7,9-10,12-14,16,21,23-24,35H,2-6,8,11,15,17-19H2,1H3/t21-,24+/m1/s1. The first-order valence-electron chi connectivity index (χ1n) is 14.3. The van der Waals surface area contributed by atoms with Gasteiger partial charge in [-0.25, -0.2) is 4.39 Å². The fraction of sp³-hybridized carbons (Fsp3) is 0.469. The normalized spacial score (nSPS) is 21.8. The predicted octanol–water partition coefficient (Wildman–Crippen LogP) is 6.74. The van der Waals surface area contributed by atoms with E-state index in [1.807, 2.05) is 31.2 Å². The molecule has 4 aromatic rings. The average Bonchev–Trinajstić information content (AvgIpc) is 3.30. The molecule has 2 aromatic heterocycles. The Kier molecular flexibility index (Phi) is 6.23. The number of pyridine rings is 1. The Labute approximate surface area is 223 Å². The molecule has 0 unspecified atom stereocenters. The third kappa shape index (κ3) is 4.53. The van der Waals surface area contributed by atoms with E-state index in [0.29, 0.717) is 18.6 Å². The van der Waals surface area contributed by atoms with Crippen molar-refractivity contribution in [3.8, 4) is 11.5 Å². The first-order valence-corrected chi connectivity index (χ1v) is 14.3. The number of rotatable bonds is 5. The van der Waals surface area contributed by atoms with Crippen molar-refractivity contribution in [1.82, 2.24) is 14.9 Å². The Bertz CT molecular complexity index is 1470. The molecule has 0 amide bonds. The van der Waals surface area contributed by atoms with E-state index < -0.39 is 0 Å². The maximum Gasteiger partial charge on any atom is 0.171 e. The van der Waals surface area contributed by atoms with E-state index >= 15 is 0 Å². The first kappa shape index (κ1) is 24.0. The fourth-order valence-electron chi connectivity index (χ4n) is 7.00. The summed E-state index contributed by atoms with van der Waals surface area (Å²) in [5, 5.41) is 2.08. The molecule has 0 spiro atoms. The summed E-state index contributed by atoms with van der Waals surface area (Å²) in [7, 11) is 0. The SMILES string of the molecule is Cc1ccc2c3c(ccc2n1)OC[C@H](CN(C[C@@H]1CCc2[nH]c4ccc(F)cc4c2C1)C1CCCCC1)O3. The van der Waals surface area contributed by atoms with Crippen molar-refractivity contribution in [1.29, 1.82) is 0 Å². The van der Waals surface area contributed by atoms with Gasteiger partial charge in [-0.2, -0.15) is 0 Å². The molecule has 1 aliphatic heterocycles. The summed E-state index contributed by atoms with van der Waals surface area (Å²) in [5.41, 5.74) is 5.62. The minimum Gasteiger partial charge on any atom is -0.486 e. The average molecular weight is 514 g/mol. The van der Waals surface area contributed by atoms with E-state index in [1.54, 1.807) is 12.1 Å². The van der Waals surface area contributed by atoms with Crippen molar-refractivity contribution in [2.45, 2.75) is 70.4 Å². The molecular formula is C32H36FN3O2. The Morgan fingerprint density at radius 3 is 2.79 bits per heavy atom. The predicted molar refractivity (Wildman–Crippen MR) is 149 cm³/mol. The summed E-state index contributed by atoms with van der Waals surface area (Å²) in [6, 6.07) is 13.9. The topological polar surface area (TPSA) is 50.4 Å². The van der Waals surface area contributed by atoms with Gasteiger partial charge in [-0.15, -0.1) is 0 Å². The maximum atomic E-state index is 14.1. The third-order valence-corrected chi connectivity index (χ3v) is 8.91. The highest BCUT2D eigenvalue weighted by Gasteiger charge is 2.32. The van der Waals surface area contributed by atoms with Crippen LogP contribution in [0.25, 0.3) is 21.8 Å². The quantitative estimate of drug-likeness (QED) is 0.321.